The Bertz CT molecular complexity index is 599. The summed E-state index contributed by atoms with van der Waals surface area (Å²) in [7, 11) is -0.591. The van der Waals surface area contributed by atoms with Gasteiger partial charge in [-0.25, -0.2) is 0 Å². The first kappa shape index (κ1) is 13.4. The van der Waals surface area contributed by atoms with E-state index >= 15 is 0 Å². The number of nitrogens with two attached hydrogens (primary N) is 1. The molecular formula is C14H15NO3P+. The van der Waals surface area contributed by atoms with Gasteiger partial charge in [0.1, 0.15) is 0 Å². The van der Waals surface area contributed by atoms with E-state index in [2.05, 4.69) is 0 Å². The number of benzene rings is 2. The fourth-order valence-electron chi connectivity index (χ4n) is 1.76. The summed E-state index contributed by atoms with van der Waals surface area (Å²) in [6, 6.07) is 12.5. The molecule has 19 heavy (non-hydrogen) atoms. The fraction of sp³-hybridized carbons (Fsp3) is 0.143. The molecule has 0 aliphatic rings. The van der Waals surface area contributed by atoms with Crippen molar-refractivity contribution in [1.29, 1.82) is 0 Å². The first-order valence-corrected chi connectivity index (χ1v) is 6.94. The van der Waals surface area contributed by atoms with Crippen molar-refractivity contribution >= 4 is 19.0 Å². The number of para-hydroxylation sites is 1. The predicted octanol–water partition coefficient (Wildman–Crippen LogP) is 3.03. The third kappa shape index (κ3) is 2.85. The SMILES string of the molecule is COc1c(C)ccc(N)c1[P+](=O)Oc1ccccc1. The van der Waals surface area contributed by atoms with E-state index in [0.717, 1.165) is 5.56 Å². The van der Waals surface area contributed by atoms with E-state index < -0.39 is 8.03 Å². The smallest absolute Gasteiger partial charge is 0.492 e. The minimum absolute atomic E-state index is 0.402. The van der Waals surface area contributed by atoms with Crippen molar-refractivity contribution in [2.45, 2.75) is 6.92 Å². The van der Waals surface area contributed by atoms with E-state index in [9.17, 15) is 4.57 Å². The van der Waals surface area contributed by atoms with Crippen molar-refractivity contribution in [3.63, 3.8) is 0 Å². The van der Waals surface area contributed by atoms with Gasteiger partial charge >= 0.3 is 8.03 Å². The maximum Gasteiger partial charge on any atom is 0.603 e. The summed E-state index contributed by atoms with van der Waals surface area (Å²) in [6.07, 6.45) is 0. The molecule has 2 aromatic carbocycles. The number of methoxy groups -OCH3 is 1. The Hall–Kier alpha value is -2.06. The van der Waals surface area contributed by atoms with Crippen molar-refractivity contribution < 1.29 is 13.8 Å². The lowest BCUT2D eigenvalue weighted by molar-refractivity contribution is 0.414. The van der Waals surface area contributed by atoms with Crippen LogP contribution in [0.5, 0.6) is 11.5 Å². The number of rotatable bonds is 4. The van der Waals surface area contributed by atoms with E-state index in [4.69, 9.17) is 15.0 Å². The lowest BCUT2D eigenvalue weighted by Gasteiger charge is -2.05. The summed E-state index contributed by atoms with van der Waals surface area (Å²) in [5.74, 6) is 1.05. The molecule has 5 heteroatoms. The van der Waals surface area contributed by atoms with Gasteiger partial charge in [-0.1, -0.05) is 24.3 Å². The van der Waals surface area contributed by atoms with Crippen LogP contribution < -0.4 is 20.3 Å². The van der Waals surface area contributed by atoms with Gasteiger partial charge in [0.15, 0.2) is 11.5 Å². The van der Waals surface area contributed by atoms with Crippen LogP contribution in [-0.2, 0) is 4.57 Å². The highest BCUT2D eigenvalue weighted by atomic mass is 31.1. The summed E-state index contributed by atoms with van der Waals surface area (Å²) >= 11 is 0. The van der Waals surface area contributed by atoms with Gasteiger partial charge in [0.05, 0.1) is 12.8 Å². The van der Waals surface area contributed by atoms with Crippen LogP contribution in [0.1, 0.15) is 5.56 Å². The Kier molecular flexibility index (Phi) is 4.03. The molecule has 0 fully saturated rings. The van der Waals surface area contributed by atoms with E-state index in [1.54, 1.807) is 18.2 Å². The van der Waals surface area contributed by atoms with Crippen molar-refractivity contribution in [2.24, 2.45) is 0 Å². The van der Waals surface area contributed by atoms with Gasteiger partial charge in [-0.2, -0.15) is 0 Å². The van der Waals surface area contributed by atoms with Gasteiger partial charge in [0.25, 0.3) is 5.30 Å². The van der Waals surface area contributed by atoms with Crippen molar-refractivity contribution in [3.05, 3.63) is 48.0 Å². The molecule has 0 aromatic heterocycles. The van der Waals surface area contributed by atoms with E-state index in [-0.39, 0.29) is 0 Å². The van der Waals surface area contributed by atoms with Crippen molar-refractivity contribution in [2.75, 3.05) is 12.8 Å². The predicted molar refractivity (Wildman–Crippen MR) is 76.5 cm³/mol. The number of ether oxygens (including phenoxy) is 1. The second kappa shape index (κ2) is 5.72. The van der Waals surface area contributed by atoms with Crippen LogP contribution in [0, 0.1) is 6.92 Å². The summed E-state index contributed by atoms with van der Waals surface area (Å²) in [4.78, 5) is 0. The number of hydrogen-bond donors (Lipinski definition) is 1. The Morgan fingerprint density at radius 2 is 1.79 bits per heavy atom. The average Bonchev–Trinajstić information content (AvgIpc) is 2.42. The van der Waals surface area contributed by atoms with E-state index in [1.165, 1.54) is 7.11 Å². The minimum atomic E-state index is -2.12. The molecule has 0 bridgehead atoms. The molecule has 0 saturated heterocycles. The number of hydrogen-bond acceptors (Lipinski definition) is 4. The highest BCUT2D eigenvalue weighted by Gasteiger charge is 2.33. The van der Waals surface area contributed by atoms with Crippen LogP contribution in [0.15, 0.2) is 42.5 Å². The topological polar surface area (TPSA) is 61.5 Å². The van der Waals surface area contributed by atoms with Crippen LogP contribution in [0.25, 0.3) is 0 Å². The minimum Gasteiger partial charge on any atom is -0.492 e. The lowest BCUT2D eigenvalue weighted by atomic mass is 10.2. The Morgan fingerprint density at radius 3 is 2.42 bits per heavy atom. The third-order valence-electron chi connectivity index (χ3n) is 2.68. The zero-order chi connectivity index (χ0) is 13.8. The van der Waals surface area contributed by atoms with Gasteiger partial charge in [-0.05, 0) is 35.3 Å². The first-order valence-electron chi connectivity index (χ1n) is 5.77. The molecule has 0 spiro atoms. The quantitative estimate of drug-likeness (QED) is 0.688. The van der Waals surface area contributed by atoms with Crippen molar-refractivity contribution in [1.82, 2.24) is 0 Å². The molecule has 0 aliphatic heterocycles. The molecule has 1 atom stereocenters. The Morgan fingerprint density at radius 1 is 1.11 bits per heavy atom. The summed E-state index contributed by atoms with van der Waals surface area (Å²) in [5.41, 5.74) is 7.15. The monoisotopic (exact) mass is 276 g/mol. The van der Waals surface area contributed by atoms with Gasteiger partial charge in [-0.15, -0.1) is 0 Å². The number of aryl methyl sites for hydroxylation is 1. The maximum atomic E-state index is 12.3. The Labute approximate surface area is 113 Å². The molecule has 2 aromatic rings. The van der Waals surface area contributed by atoms with Crippen LogP contribution in [0.2, 0.25) is 0 Å². The number of nitrogen functional groups attached to an aromatic ring is 1. The first-order chi connectivity index (χ1) is 9.13. The van der Waals surface area contributed by atoms with Crippen molar-refractivity contribution in [3.8, 4) is 11.5 Å². The average molecular weight is 276 g/mol. The number of anilines is 1. The standard InChI is InChI=1S/C14H15NO3P/c1-10-8-9-12(15)14(13(10)17-2)19(16)18-11-6-4-3-5-7-11/h3-9H,15H2,1-2H3/q+1. The zero-order valence-electron chi connectivity index (χ0n) is 10.8. The van der Waals surface area contributed by atoms with Crippen LogP contribution >= 0.6 is 8.03 Å². The molecule has 0 aliphatic carbocycles. The maximum absolute atomic E-state index is 12.3. The van der Waals surface area contributed by atoms with Crippen LogP contribution in [-0.4, -0.2) is 7.11 Å². The van der Waals surface area contributed by atoms with Gasteiger partial charge in [0.2, 0.25) is 0 Å². The summed E-state index contributed by atoms with van der Waals surface area (Å²) < 4.78 is 23.0. The molecule has 4 nitrogen and oxygen atoms in total. The Balaban J connectivity index is 2.36. The van der Waals surface area contributed by atoms with Gasteiger partial charge < -0.3 is 10.5 Å². The van der Waals surface area contributed by atoms with Gasteiger partial charge in [0, 0.05) is 0 Å². The zero-order valence-corrected chi connectivity index (χ0v) is 11.7. The third-order valence-corrected chi connectivity index (χ3v) is 3.88. The summed E-state index contributed by atoms with van der Waals surface area (Å²) in [6.45, 7) is 1.87. The molecule has 98 valence electrons. The molecule has 0 heterocycles. The molecule has 2 N–H and O–H groups in total. The molecule has 2 rings (SSSR count). The molecular weight excluding hydrogens is 261 g/mol. The highest BCUT2D eigenvalue weighted by Crippen LogP contribution is 2.34. The molecule has 0 radical (unpaired) electrons. The fourth-order valence-corrected chi connectivity index (χ4v) is 2.88. The molecule has 0 amide bonds. The van der Waals surface area contributed by atoms with Crippen LogP contribution in [0.3, 0.4) is 0 Å². The highest BCUT2D eigenvalue weighted by molar-refractivity contribution is 7.49. The largest absolute Gasteiger partial charge is 0.603 e. The van der Waals surface area contributed by atoms with Crippen LogP contribution in [0.4, 0.5) is 5.69 Å². The second-order valence-electron chi connectivity index (χ2n) is 4.01. The van der Waals surface area contributed by atoms with E-state index in [1.807, 2.05) is 31.2 Å². The normalized spacial score (nSPS) is 10.9. The summed E-state index contributed by atoms with van der Waals surface area (Å²) in [5, 5.41) is 0.404. The van der Waals surface area contributed by atoms with Gasteiger partial charge in [-0.3, -0.25) is 4.52 Å². The molecule has 0 saturated carbocycles. The molecule has 1 unspecified atom stereocenters. The second-order valence-corrected chi connectivity index (χ2v) is 5.16. The van der Waals surface area contributed by atoms with E-state index in [0.29, 0.717) is 22.5 Å². The lowest BCUT2D eigenvalue weighted by Crippen LogP contribution is -2.12.